The lowest BCUT2D eigenvalue weighted by Crippen LogP contribution is -2.34. The van der Waals surface area contributed by atoms with E-state index in [0.717, 1.165) is 44.2 Å². The van der Waals surface area contributed by atoms with Crippen LogP contribution in [0.1, 0.15) is 50.4 Å². The van der Waals surface area contributed by atoms with E-state index < -0.39 is 0 Å². The second-order valence-corrected chi connectivity index (χ2v) is 8.36. The molecule has 29 heavy (non-hydrogen) atoms. The summed E-state index contributed by atoms with van der Waals surface area (Å²) in [5.41, 5.74) is 2.54. The molecule has 0 aliphatic carbocycles. The number of fused-ring (bicyclic) bond motifs is 1. The molecule has 1 amide bonds. The number of benzene rings is 1. The third-order valence-electron chi connectivity index (χ3n) is 5.59. The van der Waals surface area contributed by atoms with Crippen molar-refractivity contribution in [1.82, 2.24) is 25.0 Å². The summed E-state index contributed by atoms with van der Waals surface area (Å²) >= 11 is 0. The first kappa shape index (κ1) is 21.3. The van der Waals surface area contributed by atoms with Gasteiger partial charge in [0, 0.05) is 58.8 Å². The predicted octanol–water partition coefficient (Wildman–Crippen LogP) is 2.63. The Morgan fingerprint density at radius 1 is 1.14 bits per heavy atom. The van der Waals surface area contributed by atoms with Crippen LogP contribution in [0.25, 0.3) is 0 Å². The van der Waals surface area contributed by atoms with Crippen LogP contribution in [0.2, 0.25) is 0 Å². The molecular weight excluding hydrogens is 364 g/mol. The van der Waals surface area contributed by atoms with Crippen molar-refractivity contribution >= 4 is 11.6 Å². The number of rotatable bonds is 7. The number of hydrogen-bond acceptors (Lipinski definition) is 5. The molecule has 2 aromatic rings. The lowest BCUT2D eigenvalue weighted by Gasteiger charge is -2.23. The van der Waals surface area contributed by atoms with Crippen LogP contribution in [-0.2, 0) is 24.3 Å². The first-order valence-corrected chi connectivity index (χ1v) is 10.6. The van der Waals surface area contributed by atoms with E-state index in [-0.39, 0.29) is 17.9 Å². The van der Waals surface area contributed by atoms with Crippen LogP contribution in [0.4, 0.5) is 5.69 Å². The summed E-state index contributed by atoms with van der Waals surface area (Å²) in [5.74, 6) is 2.21. The Hall–Kier alpha value is -2.41. The summed E-state index contributed by atoms with van der Waals surface area (Å²) in [7, 11) is 4.12. The topological polar surface area (TPSA) is 66.3 Å². The van der Waals surface area contributed by atoms with E-state index in [4.69, 9.17) is 0 Å². The number of hydrogen-bond donors (Lipinski definition) is 1. The van der Waals surface area contributed by atoms with Crippen molar-refractivity contribution in [1.29, 1.82) is 0 Å². The van der Waals surface area contributed by atoms with Crippen molar-refractivity contribution in [2.24, 2.45) is 5.92 Å². The number of amides is 1. The highest BCUT2D eigenvalue weighted by Crippen LogP contribution is 2.23. The molecule has 2 heterocycles. The fraction of sp³-hybridized carbons (Fsp3) is 0.591. The molecule has 0 bridgehead atoms. The highest BCUT2D eigenvalue weighted by Gasteiger charge is 2.27. The fourth-order valence-electron chi connectivity index (χ4n) is 3.74. The minimum absolute atomic E-state index is 0.0532. The Morgan fingerprint density at radius 3 is 2.48 bits per heavy atom. The molecule has 0 spiro atoms. The molecular formula is C22H34N6O. The monoisotopic (exact) mass is 398 g/mol. The molecule has 0 fully saturated rings. The second kappa shape index (κ2) is 9.39. The van der Waals surface area contributed by atoms with E-state index in [0.29, 0.717) is 6.42 Å². The zero-order valence-corrected chi connectivity index (χ0v) is 18.4. The third kappa shape index (κ3) is 5.15. The van der Waals surface area contributed by atoms with Gasteiger partial charge in [0.05, 0.1) is 6.04 Å². The Balaban J connectivity index is 1.69. The maximum atomic E-state index is 12.0. The number of carbonyl (C=O) groups excluding carboxylic acids is 1. The molecule has 1 aromatic heterocycles. The summed E-state index contributed by atoms with van der Waals surface area (Å²) in [6, 6.07) is 8.66. The number of nitrogens with one attached hydrogen (secondary N) is 1. The fourth-order valence-corrected chi connectivity index (χ4v) is 3.74. The largest absolute Gasteiger partial charge is 0.378 e. The van der Waals surface area contributed by atoms with Crippen molar-refractivity contribution in [2.75, 3.05) is 32.1 Å². The average molecular weight is 399 g/mol. The molecule has 0 saturated heterocycles. The molecule has 7 nitrogen and oxygen atoms in total. The van der Waals surface area contributed by atoms with Gasteiger partial charge in [-0.25, -0.2) is 0 Å². The predicted molar refractivity (Wildman–Crippen MR) is 116 cm³/mol. The van der Waals surface area contributed by atoms with Crippen molar-refractivity contribution in [3.05, 3.63) is 41.5 Å². The van der Waals surface area contributed by atoms with E-state index in [2.05, 4.69) is 82.1 Å². The van der Waals surface area contributed by atoms with Crippen molar-refractivity contribution in [3.63, 3.8) is 0 Å². The van der Waals surface area contributed by atoms with Gasteiger partial charge >= 0.3 is 0 Å². The highest BCUT2D eigenvalue weighted by molar-refractivity contribution is 5.75. The van der Waals surface area contributed by atoms with Crippen LogP contribution in [0.3, 0.4) is 0 Å². The van der Waals surface area contributed by atoms with Crippen LogP contribution in [-0.4, -0.2) is 52.8 Å². The SMILES string of the molecule is CCC(=O)NC(c1nnc2n1CCN(Cc1ccc(N(C)C)cc1)CC2)C(C)C. The van der Waals surface area contributed by atoms with Gasteiger partial charge in [-0.15, -0.1) is 10.2 Å². The molecule has 3 rings (SSSR count). The maximum absolute atomic E-state index is 12.0. The molecule has 158 valence electrons. The van der Waals surface area contributed by atoms with Gasteiger partial charge in [0.2, 0.25) is 5.91 Å². The van der Waals surface area contributed by atoms with Crippen LogP contribution in [0.5, 0.6) is 0 Å². The molecule has 0 saturated carbocycles. The van der Waals surface area contributed by atoms with Gasteiger partial charge in [-0.1, -0.05) is 32.9 Å². The second-order valence-electron chi connectivity index (χ2n) is 8.36. The van der Waals surface area contributed by atoms with Crippen LogP contribution < -0.4 is 10.2 Å². The van der Waals surface area contributed by atoms with E-state index in [9.17, 15) is 4.79 Å². The summed E-state index contributed by atoms with van der Waals surface area (Å²) in [6.07, 6.45) is 1.35. The van der Waals surface area contributed by atoms with Gasteiger partial charge in [0.25, 0.3) is 0 Å². The third-order valence-corrected chi connectivity index (χ3v) is 5.59. The van der Waals surface area contributed by atoms with E-state index in [1.54, 1.807) is 0 Å². The normalized spacial score (nSPS) is 15.7. The smallest absolute Gasteiger partial charge is 0.220 e. The zero-order valence-electron chi connectivity index (χ0n) is 18.4. The molecule has 0 radical (unpaired) electrons. The average Bonchev–Trinajstić information content (AvgIpc) is 2.99. The summed E-state index contributed by atoms with van der Waals surface area (Å²) in [4.78, 5) is 16.6. The molecule has 1 atom stereocenters. The lowest BCUT2D eigenvalue weighted by molar-refractivity contribution is -0.121. The standard InChI is InChI=1S/C22H34N6O/c1-6-20(29)23-21(16(2)3)22-25-24-19-11-12-27(13-14-28(19)22)15-17-7-9-18(10-8-17)26(4)5/h7-10,16,21H,6,11-15H2,1-5H3,(H,23,29). The lowest BCUT2D eigenvalue weighted by atomic mass is 10.0. The first-order chi connectivity index (χ1) is 13.9. The van der Waals surface area contributed by atoms with Crippen LogP contribution in [0, 0.1) is 5.92 Å². The van der Waals surface area contributed by atoms with Gasteiger partial charge in [-0.2, -0.15) is 0 Å². The molecule has 7 heteroatoms. The maximum Gasteiger partial charge on any atom is 0.220 e. The summed E-state index contributed by atoms with van der Waals surface area (Å²) in [5, 5.41) is 12.0. The molecule has 1 aliphatic rings. The van der Waals surface area contributed by atoms with Crippen LogP contribution >= 0.6 is 0 Å². The van der Waals surface area contributed by atoms with Gasteiger partial charge in [0.1, 0.15) is 5.82 Å². The number of anilines is 1. The van der Waals surface area contributed by atoms with Gasteiger partial charge in [0.15, 0.2) is 5.82 Å². The van der Waals surface area contributed by atoms with Crippen molar-refractivity contribution < 1.29 is 4.79 Å². The number of nitrogens with zero attached hydrogens (tertiary/aromatic N) is 5. The zero-order chi connectivity index (χ0) is 21.0. The van der Waals surface area contributed by atoms with Crippen molar-refractivity contribution in [2.45, 2.75) is 52.7 Å². The molecule has 1 N–H and O–H groups in total. The molecule has 1 unspecified atom stereocenters. The highest BCUT2D eigenvalue weighted by atomic mass is 16.1. The number of aromatic nitrogens is 3. The minimum Gasteiger partial charge on any atom is -0.378 e. The first-order valence-electron chi connectivity index (χ1n) is 10.6. The van der Waals surface area contributed by atoms with Crippen LogP contribution in [0.15, 0.2) is 24.3 Å². The Bertz CT molecular complexity index is 811. The summed E-state index contributed by atoms with van der Waals surface area (Å²) in [6.45, 7) is 9.78. The summed E-state index contributed by atoms with van der Waals surface area (Å²) < 4.78 is 2.22. The van der Waals surface area contributed by atoms with Crippen molar-refractivity contribution in [3.8, 4) is 0 Å². The van der Waals surface area contributed by atoms with E-state index >= 15 is 0 Å². The van der Waals surface area contributed by atoms with Gasteiger partial charge < -0.3 is 14.8 Å². The van der Waals surface area contributed by atoms with E-state index in [1.807, 2.05) is 6.92 Å². The minimum atomic E-state index is -0.103. The van der Waals surface area contributed by atoms with Gasteiger partial charge in [-0.05, 0) is 23.6 Å². The molecule has 1 aliphatic heterocycles. The Morgan fingerprint density at radius 2 is 1.86 bits per heavy atom. The molecule has 1 aromatic carbocycles. The Kier molecular flexibility index (Phi) is 6.90. The quantitative estimate of drug-likeness (QED) is 0.777. The Labute approximate surface area is 174 Å². The number of carbonyl (C=O) groups is 1. The van der Waals surface area contributed by atoms with E-state index in [1.165, 1.54) is 11.3 Å². The van der Waals surface area contributed by atoms with Gasteiger partial charge in [-0.3, -0.25) is 9.69 Å².